The normalized spacial score (nSPS) is 17.8. The molecule has 1 rings (SSSR count). The number of carbonyl (C=O) groups excluding carboxylic acids is 1. The molecule has 0 saturated heterocycles. The Hall–Kier alpha value is -0.880. The molecular weight excluding hydrogens is 192 g/mol. The van der Waals surface area contributed by atoms with Crippen LogP contribution in [0, 0.1) is 5.92 Å². The van der Waals surface area contributed by atoms with Gasteiger partial charge in [-0.05, 0) is 18.8 Å². The number of nitrogens with one attached hydrogen (secondary N) is 1. The van der Waals surface area contributed by atoms with Gasteiger partial charge in [0.05, 0.1) is 5.41 Å². The van der Waals surface area contributed by atoms with E-state index in [0.29, 0.717) is 12.5 Å². The first kappa shape index (κ1) is 10.2. The van der Waals surface area contributed by atoms with E-state index < -0.39 is 15.9 Å². The monoisotopic (exact) mass is 204 g/mol. The van der Waals surface area contributed by atoms with E-state index in [4.69, 9.17) is 5.73 Å². The molecule has 0 atom stereocenters. The zero-order valence-corrected chi connectivity index (χ0v) is 7.88. The number of carbonyl (C=O) groups is 1. The molecule has 6 heteroatoms. The number of hydrogen-bond acceptors (Lipinski definition) is 3. The molecule has 1 aliphatic carbocycles. The Labute approximate surface area is 77.0 Å². The topological polar surface area (TPSA) is 89.3 Å². The molecule has 0 bridgehead atoms. The summed E-state index contributed by atoms with van der Waals surface area (Å²) in [6.07, 6.45) is 2.97. The number of hydrogen-bond donors (Lipinski definition) is 2. The summed E-state index contributed by atoms with van der Waals surface area (Å²) in [4.78, 5) is 10.2. The quantitative estimate of drug-likeness (QED) is 0.581. The zero-order valence-electron chi connectivity index (χ0n) is 7.06. The van der Waals surface area contributed by atoms with Gasteiger partial charge in [-0.2, -0.15) is 0 Å². The molecule has 13 heavy (non-hydrogen) atoms. The number of sulfonamides is 1. The minimum absolute atomic E-state index is 0.450. The van der Waals surface area contributed by atoms with Crippen LogP contribution in [0.2, 0.25) is 0 Å². The Morgan fingerprint density at radius 1 is 1.54 bits per heavy atom. The molecule has 0 unspecified atom stereocenters. The third-order valence-corrected chi connectivity index (χ3v) is 2.75. The maximum absolute atomic E-state index is 11.1. The summed E-state index contributed by atoms with van der Waals surface area (Å²) in [5.74, 6) is -0.298. The van der Waals surface area contributed by atoms with E-state index in [0.717, 1.165) is 24.3 Å². The largest absolute Gasteiger partial charge is 0.366 e. The van der Waals surface area contributed by atoms with Crippen molar-refractivity contribution in [2.45, 2.75) is 12.8 Å². The molecule has 74 valence electrons. The van der Waals surface area contributed by atoms with Crippen LogP contribution >= 0.6 is 0 Å². The van der Waals surface area contributed by atoms with Crippen molar-refractivity contribution in [3.8, 4) is 0 Å². The SMILES string of the molecule is NC(=O)C=CS(=O)(=O)NCC1CC1. The first-order chi connectivity index (χ1) is 5.99. The Balaban J connectivity index is 2.39. The molecule has 1 aliphatic rings. The highest BCUT2D eigenvalue weighted by Crippen LogP contribution is 2.27. The van der Waals surface area contributed by atoms with Crippen LogP contribution in [-0.4, -0.2) is 20.9 Å². The molecule has 0 aromatic heterocycles. The van der Waals surface area contributed by atoms with E-state index >= 15 is 0 Å². The second-order valence-electron chi connectivity index (χ2n) is 3.04. The van der Waals surface area contributed by atoms with Gasteiger partial charge >= 0.3 is 0 Å². The molecule has 0 spiro atoms. The lowest BCUT2D eigenvalue weighted by molar-refractivity contribution is -0.113. The third-order valence-electron chi connectivity index (χ3n) is 1.68. The van der Waals surface area contributed by atoms with Crippen molar-refractivity contribution in [1.82, 2.24) is 4.72 Å². The van der Waals surface area contributed by atoms with Gasteiger partial charge in [-0.3, -0.25) is 4.79 Å². The molecule has 1 saturated carbocycles. The Morgan fingerprint density at radius 2 is 2.15 bits per heavy atom. The fourth-order valence-corrected chi connectivity index (χ4v) is 1.64. The maximum Gasteiger partial charge on any atom is 0.242 e. The summed E-state index contributed by atoms with van der Waals surface area (Å²) in [5.41, 5.74) is 4.75. The Kier molecular flexibility index (Phi) is 3.05. The van der Waals surface area contributed by atoms with E-state index in [-0.39, 0.29) is 0 Å². The van der Waals surface area contributed by atoms with Crippen LogP contribution in [-0.2, 0) is 14.8 Å². The van der Waals surface area contributed by atoms with Crippen LogP contribution in [0.5, 0.6) is 0 Å². The highest BCUT2D eigenvalue weighted by Gasteiger charge is 2.22. The lowest BCUT2D eigenvalue weighted by atomic mass is 10.4. The molecular formula is C7H12N2O3S. The average molecular weight is 204 g/mol. The van der Waals surface area contributed by atoms with E-state index in [1.807, 2.05) is 0 Å². The van der Waals surface area contributed by atoms with Crippen molar-refractivity contribution in [2.75, 3.05) is 6.54 Å². The maximum atomic E-state index is 11.1. The van der Waals surface area contributed by atoms with Gasteiger partial charge in [0.25, 0.3) is 0 Å². The van der Waals surface area contributed by atoms with Crippen molar-refractivity contribution in [3.05, 3.63) is 11.5 Å². The smallest absolute Gasteiger partial charge is 0.242 e. The molecule has 3 N–H and O–H groups in total. The molecule has 1 amide bonds. The summed E-state index contributed by atoms with van der Waals surface area (Å²) in [6.45, 7) is 0.450. The average Bonchev–Trinajstić information content (AvgIpc) is 2.81. The van der Waals surface area contributed by atoms with Crippen LogP contribution in [0.15, 0.2) is 11.5 Å². The van der Waals surface area contributed by atoms with Gasteiger partial charge in [0.2, 0.25) is 15.9 Å². The number of nitrogens with two attached hydrogens (primary N) is 1. The second-order valence-corrected chi connectivity index (χ2v) is 4.69. The van der Waals surface area contributed by atoms with Crippen LogP contribution < -0.4 is 10.5 Å². The molecule has 1 fully saturated rings. The van der Waals surface area contributed by atoms with Crippen molar-refractivity contribution >= 4 is 15.9 Å². The lowest BCUT2D eigenvalue weighted by Crippen LogP contribution is -2.24. The van der Waals surface area contributed by atoms with Gasteiger partial charge in [-0.1, -0.05) is 0 Å². The van der Waals surface area contributed by atoms with Gasteiger partial charge in [-0.25, -0.2) is 13.1 Å². The molecule has 0 aromatic rings. The fraction of sp³-hybridized carbons (Fsp3) is 0.571. The van der Waals surface area contributed by atoms with E-state index in [9.17, 15) is 13.2 Å². The van der Waals surface area contributed by atoms with Crippen molar-refractivity contribution in [1.29, 1.82) is 0 Å². The van der Waals surface area contributed by atoms with E-state index in [2.05, 4.69) is 4.72 Å². The van der Waals surface area contributed by atoms with Gasteiger partial charge < -0.3 is 5.73 Å². The molecule has 0 aromatic carbocycles. The number of amides is 1. The zero-order chi connectivity index (χ0) is 9.90. The van der Waals surface area contributed by atoms with Crippen LogP contribution in [0.4, 0.5) is 0 Å². The first-order valence-electron chi connectivity index (χ1n) is 3.97. The van der Waals surface area contributed by atoms with Gasteiger partial charge in [0, 0.05) is 12.6 Å². The predicted octanol–water partition coefficient (Wildman–Crippen LogP) is -0.685. The third kappa shape index (κ3) is 4.64. The van der Waals surface area contributed by atoms with E-state index in [1.54, 1.807) is 0 Å². The minimum Gasteiger partial charge on any atom is -0.366 e. The summed E-state index contributed by atoms with van der Waals surface area (Å²) < 4.78 is 24.5. The molecule has 0 radical (unpaired) electrons. The van der Waals surface area contributed by atoms with Crippen LogP contribution in [0.3, 0.4) is 0 Å². The Morgan fingerprint density at radius 3 is 2.62 bits per heavy atom. The van der Waals surface area contributed by atoms with Crippen LogP contribution in [0.25, 0.3) is 0 Å². The van der Waals surface area contributed by atoms with Gasteiger partial charge in [-0.15, -0.1) is 0 Å². The second kappa shape index (κ2) is 3.89. The highest BCUT2D eigenvalue weighted by atomic mass is 32.2. The highest BCUT2D eigenvalue weighted by molar-refractivity contribution is 7.92. The summed E-state index contributed by atoms with van der Waals surface area (Å²) >= 11 is 0. The molecule has 0 aliphatic heterocycles. The first-order valence-corrected chi connectivity index (χ1v) is 5.51. The lowest BCUT2D eigenvalue weighted by Gasteiger charge is -1.99. The van der Waals surface area contributed by atoms with Gasteiger partial charge in [0.1, 0.15) is 0 Å². The van der Waals surface area contributed by atoms with Crippen molar-refractivity contribution < 1.29 is 13.2 Å². The minimum atomic E-state index is -3.46. The predicted molar refractivity (Wildman–Crippen MR) is 48.0 cm³/mol. The Bertz CT molecular complexity index is 317. The van der Waals surface area contributed by atoms with Crippen molar-refractivity contribution in [3.63, 3.8) is 0 Å². The fourth-order valence-electron chi connectivity index (χ4n) is 0.761. The molecule has 5 nitrogen and oxygen atoms in total. The summed E-state index contributed by atoms with van der Waals surface area (Å²) in [5, 5.41) is 0.789. The van der Waals surface area contributed by atoms with Crippen molar-refractivity contribution in [2.24, 2.45) is 11.7 Å². The number of rotatable bonds is 5. The standard InChI is InChI=1S/C7H12N2O3S/c8-7(10)3-4-13(11,12)9-5-6-1-2-6/h3-4,6,9H,1-2,5H2,(H2,8,10). The van der Waals surface area contributed by atoms with Gasteiger partial charge in [0.15, 0.2) is 0 Å². The summed E-state index contributed by atoms with van der Waals surface area (Å²) in [7, 11) is -3.46. The van der Waals surface area contributed by atoms with Crippen LogP contribution in [0.1, 0.15) is 12.8 Å². The summed E-state index contributed by atoms with van der Waals surface area (Å²) in [6, 6.07) is 0. The van der Waals surface area contributed by atoms with E-state index in [1.165, 1.54) is 0 Å². The number of primary amides is 1. The molecule has 0 heterocycles.